The molecule has 6 heteroatoms. The van der Waals surface area contributed by atoms with Crippen molar-refractivity contribution in [1.82, 2.24) is 14.9 Å². The highest BCUT2D eigenvalue weighted by atomic mass is 16.3. The van der Waals surface area contributed by atoms with Gasteiger partial charge in [-0.15, -0.1) is 0 Å². The van der Waals surface area contributed by atoms with E-state index in [1.807, 2.05) is 0 Å². The molecule has 0 spiro atoms. The second-order valence-electron chi connectivity index (χ2n) is 7.66. The lowest BCUT2D eigenvalue weighted by Gasteiger charge is -2.35. The summed E-state index contributed by atoms with van der Waals surface area (Å²) in [5, 5.41) is 9.19. The number of piperidine rings is 1. The Morgan fingerprint density at radius 3 is 2.60 bits per heavy atom. The van der Waals surface area contributed by atoms with Crippen LogP contribution in [0.15, 0.2) is 0 Å². The maximum atomic E-state index is 9.19. The molecular weight excluding hydrogens is 314 g/mol. The zero-order valence-corrected chi connectivity index (χ0v) is 16.0. The number of anilines is 2. The summed E-state index contributed by atoms with van der Waals surface area (Å²) in [7, 11) is 2.16. The van der Waals surface area contributed by atoms with Crippen LogP contribution in [0.3, 0.4) is 0 Å². The third kappa shape index (κ3) is 4.42. The van der Waals surface area contributed by atoms with Gasteiger partial charge in [0.1, 0.15) is 5.82 Å². The number of hydrogen-bond donors (Lipinski definition) is 1. The number of likely N-dealkylation sites (tertiary alicyclic amines) is 1. The van der Waals surface area contributed by atoms with Crippen LogP contribution in [-0.4, -0.2) is 72.9 Å². The number of aliphatic hydroxyl groups excluding tert-OH is 1. The Kier molecular flexibility index (Phi) is 6.12. The molecule has 0 saturated carbocycles. The number of hydrogen-bond acceptors (Lipinski definition) is 6. The van der Waals surface area contributed by atoms with Gasteiger partial charge in [0.15, 0.2) is 0 Å². The molecule has 0 aromatic carbocycles. The number of nitrogens with zero attached hydrogens (tertiary/aromatic N) is 5. The standard InChI is InChI=1S/C19H33N5O/c1-15-16(2)20-19(24-9-4-5-10-24)21-18(15)22(3)13-17-7-6-8-23(14-17)11-12-25/h17,25H,4-14H2,1-3H3. The van der Waals surface area contributed by atoms with Crippen LogP contribution >= 0.6 is 0 Å². The van der Waals surface area contributed by atoms with Crippen LogP contribution in [-0.2, 0) is 0 Å². The molecule has 1 aromatic heterocycles. The number of aliphatic hydroxyl groups is 1. The minimum Gasteiger partial charge on any atom is -0.395 e. The fourth-order valence-electron chi connectivity index (χ4n) is 4.15. The molecule has 0 radical (unpaired) electrons. The Hall–Kier alpha value is -1.40. The maximum Gasteiger partial charge on any atom is 0.227 e. The van der Waals surface area contributed by atoms with Gasteiger partial charge in [0.05, 0.1) is 6.61 Å². The molecule has 140 valence electrons. The highest BCUT2D eigenvalue weighted by Crippen LogP contribution is 2.26. The number of aromatic nitrogens is 2. The lowest BCUT2D eigenvalue weighted by Crippen LogP contribution is -2.41. The summed E-state index contributed by atoms with van der Waals surface area (Å²) < 4.78 is 0. The summed E-state index contributed by atoms with van der Waals surface area (Å²) in [6.45, 7) is 10.6. The van der Waals surface area contributed by atoms with Gasteiger partial charge in [-0.05, 0) is 52.0 Å². The first kappa shape index (κ1) is 18.4. The number of aryl methyl sites for hydroxylation is 1. The van der Waals surface area contributed by atoms with Gasteiger partial charge in [0.25, 0.3) is 0 Å². The lowest BCUT2D eigenvalue weighted by atomic mass is 9.97. The van der Waals surface area contributed by atoms with Crippen LogP contribution < -0.4 is 9.80 Å². The topological polar surface area (TPSA) is 55.7 Å². The monoisotopic (exact) mass is 347 g/mol. The highest BCUT2D eigenvalue weighted by Gasteiger charge is 2.23. The van der Waals surface area contributed by atoms with Crippen molar-refractivity contribution in [3.05, 3.63) is 11.3 Å². The fraction of sp³-hybridized carbons (Fsp3) is 0.789. The van der Waals surface area contributed by atoms with Crippen molar-refractivity contribution < 1.29 is 5.11 Å². The minimum absolute atomic E-state index is 0.256. The first-order valence-electron chi connectivity index (χ1n) is 9.73. The largest absolute Gasteiger partial charge is 0.395 e. The first-order valence-corrected chi connectivity index (χ1v) is 9.73. The van der Waals surface area contributed by atoms with Crippen LogP contribution in [0, 0.1) is 19.8 Å². The molecule has 1 atom stereocenters. The van der Waals surface area contributed by atoms with Crippen molar-refractivity contribution >= 4 is 11.8 Å². The third-order valence-electron chi connectivity index (χ3n) is 5.65. The molecule has 3 heterocycles. The molecule has 2 fully saturated rings. The summed E-state index contributed by atoms with van der Waals surface area (Å²) in [6.07, 6.45) is 4.96. The van der Waals surface area contributed by atoms with E-state index in [0.717, 1.165) is 56.7 Å². The van der Waals surface area contributed by atoms with E-state index in [4.69, 9.17) is 9.97 Å². The van der Waals surface area contributed by atoms with Gasteiger partial charge in [-0.25, -0.2) is 4.98 Å². The molecular formula is C19H33N5O. The summed E-state index contributed by atoms with van der Waals surface area (Å²) >= 11 is 0. The van der Waals surface area contributed by atoms with Gasteiger partial charge in [0, 0.05) is 51.0 Å². The number of rotatable bonds is 6. The Morgan fingerprint density at radius 1 is 1.12 bits per heavy atom. The van der Waals surface area contributed by atoms with Gasteiger partial charge in [0.2, 0.25) is 5.95 Å². The SMILES string of the molecule is Cc1nc(N2CCCC2)nc(N(C)CC2CCCN(CCO)C2)c1C. The second kappa shape index (κ2) is 8.32. The van der Waals surface area contributed by atoms with Crippen LogP contribution in [0.25, 0.3) is 0 Å². The number of β-amino-alcohol motifs (C(OH)–C–C–N with tert-alkyl or cyclic N) is 1. The second-order valence-corrected chi connectivity index (χ2v) is 7.66. The van der Waals surface area contributed by atoms with E-state index < -0.39 is 0 Å². The van der Waals surface area contributed by atoms with Crippen molar-refractivity contribution in [2.75, 3.05) is 62.7 Å². The van der Waals surface area contributed by atoms with E-state index in [0.29, 0.717) is 5.92 Å². The van der Waals surface area contributed by atoms with Crippen molar-refractivity contribution in [3.63, 3.8) is 0 Å². The molecule has 2 saturated heterocycles. The van der Waals surface area contributed by atoms with Crippen molar-refractivity contribution in [2.24, 2.45) is 5.92 Å². The zero-order valence-electron chi connectivity index (χ0n) is 16.0. The molecule has 0 amide bonds. The lowest BCUT2D eigenvalue weighted by molar-refractivity contribution is 0.142. The van der Waals surface area contributed by atoms with E-state index >= 15 is 0 Å². The van der Waals surface area contributed by atoms with Crippen molar-refractivity contribution in [3.8, 4) is 0 Å². The van der Waals surface area contributed by atoms with Gasteiger partial charge < -0.3 is 19.8 Å². The molecule has 0 aliphatic carbocycles. The van der Waals surface area contributed by atoms with Gasteiger partial charge in [-0.3, -0.25) is 0 Å². The summed E-state index contributed by atoms with van der Waals surface area (Å²) in [4.78, 5) is 16.7. The smallest absolute Gasteiger partial charge is 0.227 e. The Morgan fingerprint density at radius 2 is 1.88 bits per heavy atom. The maximum absolute atomic E-state index is 9.19. The van der Waals surface area contributed by atoms with E-state index in [1.54, 1.807) is 0 Å². The fourth-order valence-corrected chi connectivity index (χ4v) is 4.15. The molecule has 2 aliphatic rings. The molecule has 6 nitrogen and oxygen atoms in total. The summed E-state index contributed by atoms with van der Waals surface area (Å²) in [5.74, 6) is 2.61. The predicted molar refractivity (Wildman–Crippen MR) is 102 cm³/mol. The van der Waals surface area contributed by atoms with Gasteiger partial charge in [-0.1, -0.05) is 0 Å². The van der Waals surface area contributed by atoms with Gasteiger partial charge in [-0.2, -0.15) is 4.98 Å². The normalized spacial score (nSPS) is 21.8. The Labute approximate surface area is 151 Å². The molecule has 1 N–H and O–H groups in total. The highest BCUT2D eigenvalue weighted by molar-refractivity contribution is 5.52. The Balaban J connectivity index is 1.71. The molecule has 1 aromatic rings. The average Bonchev–Trinajstić information content (AvgIpc) is 3.12. The van der Waals surface area contributed by atoms with Crippen molar-refractivity contribution in [1.29, 1.82) is 0 Å². The predicted octanol–water partition coefficient (Wildman–Crippen LogP) is 1.83. The molecule has 1 unspecified atom stereocenters. The van der Waals surface area contributed by atoms with Gasteiger partial charge >= 0.3 is 0 Å². The minimum atomic E-state index is 0.256. The van der Waals surface area contributed by atoms with Crippen LogP contribution in [0.5, 0.6) is 0 Å². The molecule has 3 rings (SSSR count). The van der Waals surface area contributed by atoms with E-state index in [9.17, 15) is 5.11 Å². The van der Waals surface area contributed by atoms with E-state index in [2.05, 4.69) is 35.6 Å². The first-order chi connectivity index (χ1) is 12.1. The van der Waals surface area contributed by atoms with Crippen LogP contribution in [0.4, 0.5) is 11.8 Å². The zero-order chi connectivity index (χ0) is 17.8. The van der Waals surface area contributed by atoms with Crippen molar-refractivity contribution in [2.45, 2.75) is 39.5 Å². The third-order valence-corrected chi connectivity index (χ3v) is 5.65. The summed E-state index contributed by atoms with van der Waals surface area (Å²) in [6, 6.07) is 0. The molecule has 25 heavy (non-hydrogen) atoms. The molecule has 2 aliphatic heterocycles. The quantitative estimate of drug-likeness (QED) is 0.847. The van der Waals surface area contributed by atoms with Crippen LogP contribution in [0.1, 0.15) is 36.9 Å². The summed E-state index contributed by atoms with van der Waals surface area (Å²) in [5.41, 5.74) is 2.28. The average molecular weight is 348 g/mol. The van der Waals surface area contributed by atoms with E-state index in [1.165, 1.54) is 31.2 Å². The van der Waals surface area contributed by atoms with Crippen LogP contribution in [0.2, 0.25) is 0 Å². The molecule has 0 bridgehead atoms. The van der Waals surface area contributed by atoms with E-state index in [-0.39, 0.29) is 6.61 Å². The Bertz CT molecular complexity index is 571.